The van der Waals surface area contributed by atoms with E-state index in [1.807, 2.05) is 0 Å². The molecule has 1 atom stereocenters. The summed E-state index contributed by atoms with van der Waals surface area (Å²) in [5.41, 5.74) is 0.150. The lowest BCUT2D eigenvalue weighted by molar-refractivity contribution is 0.0293. The average molecular weight is 343 g/mol. The van der Waals surface area contributed by atoms with Crippen LogP contribution in [-0.4, -0.2) is 41.9 Å². The number of hydrogen-bond acceptors (Lipinski definition) is 3. The fourth-order valence-electron chi connectivity index (χ4n) is 2.36. The zero-order valence-electron chi connectivity index (χ0n) is 14.8. The van der Waals surface area contributed by atoms with E-state index in [0.717, 1.165) is 5.56 Å². The number of rotatable bonds is 7. The van der Waals surface area contributed by atoms with Gasteiger partial charge in [-0.1, -0.05) is 18.2 Å². The molecule has 1 aromatic rings. The molecular formula is C18H27F2NO3. The van der Waals surface area contributed by atoms with Gasteiger partial charge in [0, 0.05) is 25.8 Å². The van der Waals surface area contributed by atoms with Crippen LogP contribution in [0, 0.1) is 0 Å². The van der Waals surface area contributed by atoms with Crippen LogP contribution in [0.15, 0.2) is 24.3 Å². The maximum atomic E-state index is 12.9. The number of aliphatic hydroxyl groups excluding tert-OH is 1. The maximum Gasteiger partial charge on any atom is 0.410 e. The third-order valence-electron chi connectivity index (χ3n) is 3.63. The molecule has 6 heteroatoms. The van der Waals surface area contributed by atoms with Crippen molar-refractivity contribution >= 4 is 6.09 Å². The summed E-state index contributed by atoms with van der Waals surface area (Å²) in [6, 6.07) is 6.23. The Labute approximate surface area is 142 Å². The van der Waals surface area contributed by atoms with E-state index in [2.05, 4.69) is 0 Å². The van der Waals surface area contributed by atoms with Gasteiger partial charge in [0.1, 0.15) is 5.60 Å². The van der Waals surface area contributed by atoms with Gasteiger partial charge in [0.25, 0.3) is 6.43 Å². The summed E-state index contributed by atoms with van der Waals surface area (Å²) < 4.78 is 31.0. The fourth-order valence-corrected chi connectivity index (χ4v) is 2.36. The molecule has 1 amide bonds. The van der Waals surface area contributed by atoms with E-state index in [9.17, 15) is 18.7 Å². The zero-order valence-corrected chi connectivity index (χ0v) is 14.8. The van der Waals surface area contributed by atoms with E-state index < -0.39 is 18.1 Å². The van der Waals surface area contributed by atoms with E-state index in [1.165, 1.54) is 17.0 Å². The lowest BCUT2D eigenvalue weighted by Gasteiger charge is -2.26. The molecule has 1 aromatic carbocycles. The topological polar surface area (TPSA) is 49.8 Å². The van der Waals surface area contributed by atoms with Crippen molar-refractivity contribution in [2.75, 3.05) is 20.2 Å². The van der Waals surface area contributed by atoms with Crippen LogP contribution >= 0.6 is 0 Å². The monoisotopic (exact) mass is 343 g/mol. The minimum absolute atomic E-state index is 0.0315. The van der Waals surface area contributed by atoms with Crippen molar-refractivity contribution < 1.29 is 23.4 Å². The molecule has 0 fully saturated rings. The largest absolute Gasteiger partial charge is 0.444 e. The van der Waals surface area contributed by atoms with E-state index >= 15 is 0 Å². The minimum atomic E-state index is -2.52. The molecule has 0 aliphatic carbocycles. The number of nitrogens with zero attached hydrogens (tertiary/aromatic N) is 1. The second-order valence-corrected chi connectivity index (χ2v) is 6.87. The number of halogens is 2. The summed E-state index contributed by atoms with van der Waals surface area (Å²) >= 11 is 0. The SMILES string of the molecule is CN(CC[C@@H](CCO)c1cccc(C(F)F)c1)C(=O)OC(C)(C)C. The number of amides is 1. The molecule has 0 heterocycles. The van der Waals surface area contributed by atoms with Gasteiger partial charge in [-0.15, -0.1) is 0 Å². The third-order valence-corrected chi connectivity index (χ3v) is 3.63. The Morgan fingerprint density at radius 2 is 1.88 bits per heavy atom. The second kappa shape index (κ2) is 8.97. The van der Waals surface area contributed by atoms with Gasteiger partial charge in [-0.05, 0) is 51.2 Å². The number of hydrogen-bond donors (Lipinski definition) is 1. The highest BCUT2D eigenvalue weighted by Gasteiger charge is 2.21. The quantitative estimate of drug-likeness (QED) is 0.801. The van der Waals surface area contributed by atoms with Crippen LogP contribution in [0.3, 0.4) is 0 Å². The van der Waals surface area contributed by atoms with Gasteiger partial charge < -0.3 is 14.7 Å². The molecule has 0 aromatic heterocycles. The third kappa shape index (κ3) is 6.83. The van der Waals surface area contributed by atoms with Crippen LogP contribution in [0.5, 0.6) is 0 Å². The maximum absolute atomic E-state index is 12.9. The molecule has 0 aliphatic heterocycles. The van der Waals surface area contributed by atoms with E-state index in [4.69, 9.17) is 4.74 Å². The number of aliphatic hydroxyl groups is 1. The van der Waals surface area contributed by atoms with Crippen LogP contribution in [0.2, 0.25) is 0 Å². The molecule has 24 heavy (non-hydrogen) atoms. The molecular weight excluding hydrogens is 316 g/mol. The Morgan fingerprint density at radius 1 is 1.25 bits per heavy atom. The Bertz CT molecular complexity index is 529. The second-order valence-electron chi connectivity index (χ2n) is 6.87. The highest BCUT2D eigenvalue weighted by atomic mass is 19.3. The van der Waals surface area contributed by atoms with Crippen molar-refractivity contribution in [2.45, 2.75) is 51.6 Å². The van der Waals surface area contributed by atoms with Crippen LogP contribution in [0.1, 0.15) is 57.1 Å². The first-order valence-corrected chi connectivity index (χ1v) is 8.07. The smallest absolute Gasteiger partial charge is 0.410 e. The molecule has 0 saturated heterocycles. The van der Waals surface area contributed by atoms with Gasteiger partial charge in [-0.3, -0.25) is 0 Å². The normalized spacial score (nSPS) is 13.0. The first kappa shape index (κ1) is 20.4. The molecule has 0 unspecified atom stereocenters. The van der Waals surface area contributed by atoms with Crippen LogP contribution in [-0.2, 0) is 4.74 Å². The van der Waals surface area contributed by atoms with Gasteiger partial charge in [0.15, 0.2) is 0 Å². The number of benzene rings is 1. The number of carbonyl (C=O) groups is 1. The number of ether oxygens (including phenoxy) is 1. The summed E-state index contributed by atoms with van der Waals surface area (Å²) in [7, 11) is 1.64. The van der Waals surface area contributed by atoms with Crippen molar-refractivity contribution in [3.63, 3.8) is 0 Å². The molecule has 0 aliphatic rings. The Morgan fingerprint density at radius 3 is 2.42 bits per heavy atom. The van der Waals surface area contributed by atoms with Gasteiger partial charge >= 0.3 is 6.09 Å². The molecule has 4 nitrogen and oxygen atoms in total. The molecule has 0 radical (unpaired) electrons. The van der Waals surface area contributed by atoms with Crippen molar-refractivity contribution in [3.05, 3.63) is 35.4 Å². The van der Waals surface area contributed by atoms with E-state index in [-0.39, 0.29) is 18.1 Å². The van der Waals surface area contributed by atoms with Crippen molar-refractivity contribution in [2.24, 2.45) is 0 Å². The molecule has 0 saturated carbocycles. The molecule has 1 N–H and O–H groups in total. The van der Waals surface area contributed by atoms with Gasteiger partial charge in [-0.25, -0.2) is 13.6 Å². The highest BCUT2D eigenvalue weighted by Crippen LogP contribution is 2.28. The van der Waals surface area contributed by atoms with Crippen molar-refractivity contribution in [3.8, 4) is 0 Å². The predicted octanol–water partition coefficient (Wildman–Crippen LogP) is 4.35. The minimum Gasteiger partial charge on any atom is -0.444 e. The van der Waals surface area contributed by atoms with Crippen molar-refractivity contribution in [1.82, 2.24) is 4.90 Å². The van der Waals surface area contributed by atoms with Crippen molar-refractivity contribution in [1.29, 1.82) is 0 Å². The number of carbonyl (C=O) groups excluding carboxylic acids is 1. The Hall–Kier alpha value is -1.69. The van der Waals surface area contributed by atoms with Gasteiger partial charge in [-0.2, -0.15) is 0 Å². The van der Waals surface area contributed by atoms with Crippen LogP contribution in [0.25, 0.3) is 0 Å². The van der Waals surface area contributed by atoms with Gasteiger partial charge in [0.05, 0.1) is 0 Å². The molecule has 0 bridgehead atoms. The lowest BCUT2D eigenvalue weighted by Crippen LogP contribution is -2.35. The summed E-state index contributed by atoms with van der Waals surface area (Å²) in [6.07, 6.45) is -1.94. The van der Waals surface area contributed by atoms with Gasteiger partial charge in [0.2, 0.25) is 0 Å². The first-order valence-electron chi connectivity index (χ1n) is 8.07. The molecule has 0 spiro atoms. The fraction of sp³-hybridized carbons (Fsp3) is 0.611. The zero-order chi connectivity index (χ0) is 18.3. The van der Waals surface area contributed by atoms with E-state index in [0.29, 0.717) is 19.4 Å². The summed E-state index contributed by atoms with van der Waals surface area (Å²) in [6.45, 7) is 5.76. The molecule has 136 valence electrons. The Kier molecular flexibility index (Phi) is 7.60. The summed E-state index contributed by atoms with van der Waals surface area (Å²) in [4.78, 5) is 13.4. The Balaban J connectivity index is 2.73. The first-order chi connectivity index (χ1) is 11.1. The van der Waals surface area contributed by atoms with Crippen LogP contribution < -0.4 is 0 Å². The average Bonchev–Trinajstić information content (AvgIpc) is 2.49. The van der Waals surface area contributed by atoms with Crippen LogP contribution in [0.4, 0.5) is 13.6 Å². The van der Waals surface area contributed by atoms with E-state index in [1.54, 1.807) is 40.0 Å². The lowest BCUT2D eigenvalue weighted by atomic mass is 9.91. The number of alkyl halides is 2. The summed E-state index contributed by atoms with van der Waals surface area (Å²) in [5.74, 6) is -0.0985. The molecule has 1 rings (SSSR count). The standard InChI is InChI=1S/C18H27F2NO3/c1-18(2,3)24-17(23)21(4)10-8-13(9-11-22)14-6-5-7-15(12-14)16(19)20/h5-7,12-13,16,22H,8-11H2,1-4H3/t13-/m0/s1. The highest BCUT2D eigenvalue weighted by molar-refractivity contribution is 5.67. The summed E-state index contributed by atoms with van der Waals surface area (Å²) in [5, 5.41) is 9.25. The predicted molar refractivity (Wildman–Crippen MR) is 89.3 cm³/mol.